The summed E-state index contributed by atoms with van der Waals surface area (Å²) in [6, 6.07) is 3.56. The molecule has 0 aromatic carbocycles. The highest BCUT2D eigenvalue weighted by molar-refractivity contribution is 9.10. The van der Waals surface area contributed by atoms with Crippen LogP contribution in [0.4, 0.5) is 0 Å². The second-order valence-electron chi connectivity index (χ2n) is 3.12. The lowest BCUT2D eigenvalue weighted by Gasteiger charge is -2.19. The van der Waals surface area contributed by atoms with Gasteiger partial charge >= 0.3 is 0 Å². The molecule has 0 aliphatic heterocycles. The van der Waals surface area contributed by atoms with Gasteiger partial charge in [-0.05, 0) is 28.1 Å². The Kier molecular flexibility index (Phi) is 4.92. The lowest BCUT2D eigenvalue weighted by Crippen LogP contribution is -2.32. The van der Waals surface area contributed by atoms with Crippen molar-refractivity contribution in [1.82, 2.24) is 9.88 Å². The lowest BCUT2D eigenvalue weighted by molar-refractivity contribution is 0.0784. The van der Waals surface area contributed by atoms with Gasteiger partial charge in [0.15, 0.2) is 0 Å². The van der Waals surface area contributed by atoms with E-state index in [0.29, 0.717) is 23.3 Å². The molecular formula is C12H13BrN2O. The zero-order valence-corrected chi connectivity index (χ0v) is 10.5. The molecule has 0 fully saturated rings. The fraction of sp³-hybridized carbons (Fsp3) is 0.167. The Morgan fingerprint density at radius 3 is 2.56 bits per heavy atom. The summed E-state index contributed by atoms with van der Waals surface area (Å²) in [5, 5.41) is 0. The molecule has 1 amide bonds. The van der Waals surface area contributed by atoms with Crippen molar-refractivity contribution in [2.24, 2.45) is 0 Å². The summed E-state index contributed by atoms with van der Waals surface area (Å²) >= 11 is 3.31. The van der Waals surface area contributed by atoms with Crippen LogP contribution in [-0.4, -0.2) is 28.9 Å². The van der Waals surface area contributed by atoms with Gasteiger partial charge in [-0.15, -0.1) is 13.2 Å². The molecule has 0 aliphatic carbocycles. The lowest BCUT2D eigenvalue weighted by atomic mass is 10.3. The van der Waals surface area contributed by atoms with E-state index in [9.17, 15) is 4.79 Å². The van der Waals surface area contributed by atoms with E-state index in [2.05, 4.69) is 34.1 Å². The van der Waals surface area contributed by atoms with Crippen molar-refractivity contribution < 1.29 is 4.79 Å². The second kappa shape index (κ2) is 6.23. The van der Waals surface area contributed by atoms with Crippen molar-refractivity contribution in [2.45, 2.75) is 0 Å². The molecule has 4 heteroatoms. The van der Waals surface area contributed by atoms with Gasteiger partial charge in [-0.2, -0.15) is 0 Å². The molecule has 1 rings (SSSR count). The number of pyridine rings is 1. The Labute approximate surface area is 104 Å². The van der Waals surface area contributed by atoms with Crippen LogP contribution in [0.5, 0.6) is 0 Å². The molecule has 0 bridgehead atoms. The Balaban J connectivity index is 2.94. The van der Waals surface area contributed by atoms with Crippen LogP contribution in [-0.2, 0) is 0 Å². The minimum atomic E-state index is -0.132. The average Bonchev–Trinajstić information content (AvgIpc) is 2.28. The first kappa shape index (κ1) is 12.6. The van der Waals surface area contributed by atoms with E-state index in [1.54, 1.807) is 35.4 Å². The summed E-state index contributed by atoms with van der Waals surface area (Å²) in [5.74, 6) is -0.132. The van der Waals surface area contributed by atoms with Crippen molar-refractivity contribution in [1.29, 1.82) is 0 Å². The normalized spacial score (nSPS) is 9.56. The predicted octanol–water partition coefficient (Wildman–Crippen LogP) is 2.66. The van der Waals surface area contributed by atoms with Crippen LogP contribution in [0.25, 0.3) is 0 Å². The monoisotopic (exact) mass is 280 g/mol. The van der Waals surface area contributed by atoms with Crippen molar-refractivity contribution in [3.05, 3.63) is 53.8 Å². The van der Waals surface area contributed by atoms with E-state index in [4.69, 9.17) is 0 Å². The van der Waals surface area contributed by atoms with Crippen LogP contribution in [0, 0.1) is 0 Å². The first-order valence-corrected chi connectivity index (χ1v) is 5.61. The molecule has 0 saturated heterocycles. The third-order valence-corrected chi connectivity index (χ3v) is 2.59. The maximum atomic E-state index is 12.1. The number of halogens is 1. The van der Waals surface area contributed by atoms with Gasteiger partial charge < -0.3 is 4.90 Å². The van der Waals surface area contributed by atoms with Gasteiger partial charge in [0, 0.05) is 23.8 Å². The van der Waals surface area contributed by atoms with Crippen LogP contribution in [0.15, 0.2) is 48.1 Å². The van der Waals surface area contributed by atoms with E-state index in [-0.39, 0.29) is 5.91 Å². The van der Waals surface area contributed by atoms with E-state index >= 15 is 0 Å². The van der Waals surface area contributed by atoms with Gasteiger partial charge in [0.2, 0.25) is 0 Å². The van der Waals surface area contributed by atoms with Gasteiger partial charge in [-0.1, -0.05) is 12.2 Å². The fourth-order valence-electron chi connectivity index (χ4n) is 1.24. The molecule has 0 atom stereocenters. The standard InChI is InChI=1S/C12H13BrN2O/c1-3-8-15(9-4-2)12(16)11-10(13)6-5-7-14-11/h3-7H,1-2,8-9H2. The molecule has 16 heavy (non-hydrogen) atoms. The topological polar surface area (TPSA) is 33.2 Å². The third-order valence-electron chi connectivity index (χ3n) is 1.95. The largest absolute Gasteiger partial charge is 0.330 e. The number of rotatable bonds is 5. The molecular weight excluding hydrogens is 268 g/mol. The van der Waals surface area contributed by atoms with Crippen molar-refractivity contribution in [2.75, 3.05) is 13.1 Å². The van der Waals surface area contributed by atoms with E-state index in [1.165, 1.54) is 0 Å². The van der Waals surface area contributed by atoms with E-state index in [1.807, 2.05) is 0 Å². The Morgan fingerprint density at radius 2 is 2.06 bits per heavy atom. The molecule has 0 N–H and O–H groups in total. The number of aromatic nitrogens is 1. The number of amides is 1. The van der Waals surface area contributed by atoms with Crippen molar-refractivity contribution in [3.8, 4) is 0 Å². The molecule has 3 nitrogen and oxygen atoms in total. The van der Waals surface area contributed by atoms with Gasteiger partial charge in [0.25, 0.3) is 5.91 Å². The summed E-state index contributed by atoms with van der Waals surface area (Å²) in [6.45, 7) is 8.20. The average molecular weight is 281 g/mol. The van der Waals surface area contributed by atoms with Crippen LogP contribution >= 0.6 is 15.9 Å². The molecule has 1 aromatic rings. The second-order valence-corrected chi connectivity index (χ2v) is 3.98. The summed E-state index contributed by atoms with van der Waals surface area (Å²) in [4.78, 5) is 17.8. The van der Waals surface area contributed by atoms with Crippen LogP contribution in [0.1, 0.15) is 10.5 Å². The summed E-state index contributed by atoms with van der Waals surface area (Å²) < 4.78 is 0.693. The minimum Gasteiger partial charge on any atom is -0.330 e. The number of carbonyl (C=O) groups is 1. The highest BCUT2D eigenvalue weighted by Gasteiger charge is 2.16. The smallest absolute Gasteiger partial charge is 0.274 e. The SMILES string of the molecule is C=CCN(CC=C)C(=O)c1ncccc1Br. The quantitative estimate of drug-likeness (QED) is 0.777. The van der Waals surface area contributed by atoms with Crippen LogP contribution < -0.4 is 0 Å². The first-order chi connectivity index (χ1) is 7.70. The zero-order valence-electron chi connectivity index (χ0n) is 8.90. The highest BCUT2D eigenvalue weighted by atomic mass is 79.9. The number of hydrogen-bond donors (Lipinski definition) is 0. The molecule has 0 aliphatic rings. The maximum Gasteiger partial charge on any atom is 0.274 e. The molecule has 0 unspecified atom stereocenters. The van der Waals surface area contributed by atoms with E-state index in [0.717, 1.165) is 0 Å². The maximum absolute atomic E-state index is 12.1. The van der Waals surface area contributed by atoms with Crippen molar-refractivity contribution >= 4 is 21.8 Å². The van der Waals surface area contributed by atoms with Crippen LogP contribution in [0.2, 0.25) is 0 Å². The molecule has 0 radical (unpaired) electrons. The van der Waals surface area contributed by atoms with Gasteiger partial charge in [-0.25, -0.2) is 4.98 Å². The van der Waals surface area contributed by atoms with E-state index < -0.39 is 0 Å². The third kappa shape index (κ3) is 3.03. The molecule has 84 valence electrons. The number of hydrogen-bond acceptors (Lipinski definition) is 2. The Morgan fingerprint density at radius 1 is 1.44 bits per heavy atom. The van der Waals surface area contributed by atoms with Gasteiger partial charge in [0.05, 0.1) is 0 Å². The molecule has 0 saturated carbocycles. The molecule has 1 heterocycles. The highest BCUT2D eigenvalue weighted by Crippen LogP contribution is 2.15. The number of carbonyl (C=O) groups excluding carboxylic acids is 1. The van der Waals surface area contributed by atoms with Crippen LogP contribution in [0.3, 0.4) is 0 Å². The predicted molar refractivity (Wildman–Crippen MR) is 68.2 cm³/mol. The first-order valence-electron chi connectivity index (χ1n) is 4.82. The van der Waals surface area contributed by atoms with Crippen molar-refractivity contribution in [3.63, 3.8) is 0 Å². The summed E-state index contributed by atoms with van der Waals surface area (Å²) in [6.07, 6.45) is 4.95. The summed E-state index contributed by atoms with van der Waals surface area (Å²) in [5.41, 5.74) is 0.409. The zero-order chi connectivity index (χ0) is 12.0. The minimum absolute atomic E-state index is 0.132. The number of nitrogens with zero attached hydrogens (tertiary/aromatic N) is 2. The van der Waals surface area contributed by atoms with Gasteiger partial charge in [-0.3, -0.25) is 4.79 Å². The Bertz CT molecular complexity index is 394. The fourth-order valence-corrected chi connectivity index (χ4v) is 1.67. The summed E-state index contributed by atoms with van der Waals surface area (Å²) in [7, 11) is 0. The molecule has 0 spiro atoms. The molecule has 1 aromatic heterocycles. The van der Waals surface area contributed by atoms with Gasteiger partial charge in [0.1, 0.15) is 5.69 Å². The Hall–Kier alpha value is -1.42.